The van der Waals surface area contributed by atoms with E-state index in [1.54, 1.807) is 30.3 Å². The lowest BCUT2D eigenvalue weighted by Gasteiger charge is -2.24. The number of benzene rings is 1. The first kappa shape index (κ1) is 28.8. The van der Waals surface area contributed by atoms with Gasteiger partial charge in [-0.15, -0.1) is 0 Å². The van der Waals surface area contributed by atoms with E-state index >= 15 is 0 Å². The Hall–Kier alpha value is -4.20. The number of nitrogens with two attached hydrogens (primary N) is 4. The summed E-state index contributed by atoms with van der Waals surface area (Å²) in [5.74, 6) is -4.72. The van der Waals surface area contributed by atoms with Gasteiger partial charge in [-0.25, -0.2) is 4.79 Å². The Bertz CT molecular complexity index is 920. The molecular weight excluding hydrogens is 460 g/mol. The number of guanidine groups is 1. The van der Waals surface area contributed by atoms with Crippen LogP contribution in [0.4, 0.5) is 0 Å². The first-order valence-electron chi connectivity index (χ1n) is 10.7. The molecule has 0 spiro atoms. The van der Waals surface area contributed by atoms with Crippen LogP contribution in [0.5, 0.6) is 0 Å². The summed E-state index contributed by atoms with van der Waals surface area (Å²) in [7, 11) is 0. The summed E-state index contributed by atoms with van der Waals surface area (Å²) >= 11 is 0. The standard InChI is InChI=1S/C21H32N8O6/c22-11-17(31)27-14(9-12-5-2-1-3-6-12)18(32)29-15(10-16(23)30)19(33)28-13(20(34)35)7-4-8-26-21(24)25/h1-3,5-6,13-15H,4,7-11,22H2,(H2,23,30)(H,27,31)(H,28,33)(H,29,32)(H,34,35)(H4,24,25,26). The lowest BCUT2D eigenvalue weighted by Crippen LogP contribution is -2.57. The minimum Gasteiger partial charge on any atom is -0.480 e. The zero-order valence-corrected chi connectivity index (χ0v) is 19.1. The normalized spacial score (nSPS) is 12.9. The number of hydrogen-bond donors (Lipinski definition) is 8. The molecule has 192 valence electrons. The molecule has 12 N–H and O–H groups in total. The molecule has 0 saturated heterocycles. The van der Waals surface area contributed by atoms with E-state index in [0.29, 0.717) is 5.56 Å². The van der Waals surface area contributed by atoms with Crippen LogP contribution in [0, 0.1) is 0 Å². The maximum absolute atomic E-state index is 12.9. The van der Waals surface area contributed by atoms with Crippen molar-refractivity contribution >= 4 is 35.6 Å². The predicted octanol–water partition coefficient (Wildman–Crippen LogP) is -3.34. The molecule has 14 nitrogen and oxygen atoms in total. The van der Waals surface area contributed by atoms with Crippen molar-refractivity contribution in [2.45, 2.75) is 43.8 Å². The number of carbonyl (C=O) groups is 5. The number of carboxylic acid groups (broad SMARTS) is 1. The molecule has 0 aromatic heterocycles. The minimum atomic E-state index is -1.48. The molecule has 0 aliphatic rings. The Morgan fingerprint density at radius 2 is 1.49 bits per heavy atom. The molecule has 3 atom stereocenters. The van der Waals surface area contributed by atoms with Crippen LogP contribution in [0.2, 0.25) is 0 Å². The molecule has 1 aromatic rings. The summed E-state index contributed by atoms with van der Waals surface area (Å²) in [5, 5.41) is 16.5. The molecule has 0 radical (unpaired) electrons. The van der Waals surface area contributed by atoms with Crippen LogP contribution in [0.25, 0.3) is 0 Å². The van der Waals surface area contributed by atoms with Crippen molar-refractivity contribution in [1.82, 2.24) is 16.0 Å². The van der Waals surface area contributed by atoms with Crippen molar-refractivity contribution in [3.8, 4) is 0 Å². The van der Waals surface area contributed by atoms with E-state index in [4.69, 9.17) is 22.9 Å². The van der Waals surface area contributed by atoms with E-state index in [0.717, 1.165) is 0 Å². The second kappa shape index (κ2) is 14.8. The topological polar surface area (TPSA) is 258 Å². The molecule has 0 heterocycles. The summed E-state index contributed by atoms with van der Waals surface area (Å²) in [6, 6.07) is 4.82. The van der Waals surface area contributed by atoms with Gasteiger partial charge in [-0.2, -0.15) is 0 Å². The minimum absolute atomic E-state index is 0.0156. The number of carbonyl (C=O) groups excluding carboxylic acids is 4. The summed E-state index contributed by atoms with van der Waals surface area (Å²) in [4.78, 5) is 64.4. The van der Waals surface area contributed by atoms with Gasteiger partial charge in [0.1, 0.15) is 18.1 Å². The van der Waals surface area contributed by atoms with E-state index in [1.807, 2.05) is 0 Å². The van der Waals surface area contributed by atoms with Crippen LogP contribution in [-0.4, -0.2) is 71.9 Å². The monoisotopic (exact) mass is 492 g/mol. The fraction of sp³-hybridized carbons (Fsp3) is 0.429. The van der Waals surface area contributed by atoms with E-state index in [-0.39, 0.29) is 38.3 Å². The van der Waals surface area contributed by atoms with Gasteiger partial charge in [-0.05, 0) is 18.4 Å². The van der Waals surface area contributed by atoms with Crippen LogP contribution in [0.15, 0.2) is 35.3 Å². The Morgan fingerprint density at radius 3 is 2.03 bits per heavy atom. The van der Waals surface area contributed by atoms with Crippen molar-refractivity contribution in [3.63, 3.8) is 0 Å². The Morgan fingerprint density at radius 1 is 0.886 bits per heavy atom. The molecule has 35 heavy (non-hydrogen) atoms. The number of amides is 4. The molecule has 0 aliphatic carbocycles. The Kier molecular flexibility index (Phi) is 12.2. The van der Waals surface area contributed by atoms with Gasteiger partial charge in [0.2, 0.25) is 23.6 Å². The Labute approximate surface area is 201 Å². The van der Waals surface area contributed by atoms with E-state index in [1.165, 1.54) is 0 Å². The maximum atomic E-state index is 12.9. The van der Waals surface area contributed by atoms with Crippen molar-refractivity contribution < 1.29 is 29.1 Å². The quantitative estimate of drug-likeness (QED) is 0.0690. The zero-order valence-electron chi connectivity index (χ0n) is 19.1. The maximum Gasteiger partial charge on any atom is 0.326 e. The molecule has 1 rings (SSSR count). The van der Waals surface area contributed by atoms with Gasteiger partial charge in [-0.3, -0.25) is 24.2 Å². The fourth-order valence-electron chi connectivity index (χ4n) is 3.03. The van der Waals surface area contributed by atoms with Gasteiger partial charge < -0.3 is 44.0 Å². The van der Waals surface area contributed by atoms with Gasteiger partial charge in [0.15, 0.2) is 5.96 Å². The third-order valence-electron chi connectivity index (χ3n) is 4.72. The zero-order chi connectivity index (χ0) is 26.4. The van der Waals surface area contributed by atoms with Crippen LogP contribution in [-0.2, 0) is 30.4 Å². The summed E-state index contributed by atoms with van der Waals surface area (Å²) in [5.41, 5.74) is 21.7. The number of rotatable bonds is 15. The van der Waals surface area contributed by atoms with Gasteiger partial charge >= 0.3 is 5.97 Å². The Balaban J connectivity index is 2.96. The molecule has 0 saturated carbocycles. The van der Waals surface area contributed by atoms with Crippen molar-refractivity contribution in [3.05, 3.63) is 35.9 Å². The van der Waals surface area contributed by atoms with E-state index in [9.17, 15) is 29.1 Å². The largest absolute Gasteiger partial charge is 0.480 e. The molecule has 0 bridgehead atoms. The van der Waals surface area contributed by atoms with Gasteiger partial charge in [0.25, 0.3) is 0 Å². The molecular formula is C21H32N8O6. The number of aliphatic carboxylic acids is 1. The number of carboxylic acids is 1. The number of nitrogens with one attached hydrogen (secondary N) is 3. The molecule has 1 aromatic carbocycles. The predicted molar refractivity (Wildman–Crippen MR) is 126 cm³/mol. The third kappa shape index (κ3) is 11.5. The number of nitrogens with zero attached hydrogens (tertiary/aromatic N) is 1. The van der Waals surface area contributed by atoms with Crippen LogP contribution in [0.1, 0.15) is 24.8 Å². The highest BCUT2D eigenvalue weighted by atomic mass is 16.4. The van der Waals surface area contributed by atoms with Crippen LogP contribution < -0.4 is 38.9 Å². The van der Waals surface area contributed by atoms with E-state index < -0.39 is 54.1 Å². The highest BCUT2D eigenvalue weighted by Gasteiger charge is 2.30. The first-order chi connectivity index (χ1) is 16.5. The second-order valence-electron chi connectivity index (χ2n) is 7.59. The second-order valence-corrected chi connectivity index (χ2v) is 7.59. The summed E-state index contributed by atoms with van der Waals surface area (Å²) in [6.07, 6.45) is -0.294. The highest BCUT2D eigenvalue weighted by molar-refractivity contribution is 5.95. The van der Waals surface area contributed by atoms with Crippen LogP contribution in [0.3, 0.4) is 0 Å². The van der Waals surface area contributed by atoms with Crippen molar-refractivity contribution in [2.24, 2.45) is 27.9 Å². The number of aliphatic imine (C=N–C) groups is 1. The smallest absolute Gasteiger partial charge is 0.326 e. The summed E-state index contributed by atoms with van der Waals surface area (Å²) < 4.78 is 0. The molecule has 4 amide bonds. The average molecular weight is 493 g/mol. The van der Waals surface area contributed by atoms with Gasteiger partial charge in [-0.1, -0.05) is 30.3 Å². The lowest BCUT2D eigenvalue weighted by molar-refractivity contribution is -0.142. The molecule has 3 unspecified atom stereocenters. The summed E-state index contributed by atoms with van der Waals surface area (Å²) in [6.45, 7) is -0.227. The fourth-order valence-corrected chi connectivity index (χ4v) is 3.03. The lowest BCUT2D eigenvalue weighted by atomic mass is 10.0. The third-order valence-corrected chi connectivity index (χ3v) is 4.72. The first-order valence-corrected chi connectivity index (χ1v) is 10.7. The SMILES string of the molecule is NCC(=O)NC(Cc1ccccc1)C(=O)NC(CC(N)=O)C(=O)NC(CCCN=C(N)N)C(=O)O. The van der Waals surface area contributed by atoms with Crippen molar-refractivity contribution in [1.29, 1.82) is 0 Å². The van der Waals surface area contributed by atoms with E-state index in [2.05, 4.69) is 20.9 Å². The molecule has 14 heteroatoms. The van der Waals surface area contributed by atoms with Gasteiger partial charge in [0, 0.05) is 13.0 Å². The van der Waals surface area contributed by atoms with Gasteiger partial charge in [0.05, 0.1) is 13.0 Å². The average Bonchev–Trinajstić information content (AvgIpc) is 2.79. The number of hydrogen-bond acceptors (Lipinski definition) is 7. The van der Waals surface area contributed by atoms with Crippen molar-refractivity contribution in [2.75, 3.05) is 13.1 Å². The highest BCUT2D eigenvalue weighted by Crippen LogP contribution is 2.06. The molecule has 0 fully saturated rings. The number of primary amides is 1. The van der Waals surface area contributed by atoms with Crippen LogP contribution >= 0.6 is 0 Å². The molecule has 0 aliphatic heterocycles.